The molecule has 0 saturated heterocycles. The predicted molar refractivity (Wildman–Crippen MR) is 88.4 cm³/mol. The van der Waals surface area contributed by atoms with E-state index in [1.165, 1.54) is 11.1 Å². The van der Waals surface area contributed by atoms with E-state index in [1.54, 1.807) is 0 Å². The van der Waals surface area contributed by atoms with Gasteiger partial charge in [-0.1, -0.05) is 22.9 Å². The molecule has 1 heterocycles. The topological polar surface area (TPSA) is 39.1 Å². The van der Waals surface area contributed by atoms with Gasteiger partial charge in [-0.05, 0) is 31.5 Å². The third-order valence-corrected chi connectivity index (χ3v) is 3.72. The molecule has 0 unspecified atom stereocenters. The van der Waals surface area contributed by atoms with Gasteiger partial charge in [0.15, 0.2) is 0 Å². The Balaban J connectivity index is 1.98. The summed E-state index contributed by atoms with van der Waals surface area (Å²) in [4.78, 5) is 0. The highest BCUT2D eigenvalue weighted by molar-refractivity contribution is 9.10. The Kier molecular flexibility index (Phi) is 5.82. The number of nitrogens with zero attached hydrogens (tertiary/aromatic N) is 2. The maximum absolute atomic E-state index is 5.79. The molecule has 0 amide bonds. The summed E-state index contributed by atoms with van der Waals surface area (Å²) in [7, 11) is 1.95. The van der Waals surface area contributed by atoms with Crippen LogP contribution in [-0.2, 0) is 20.1 Å². The summed E-state index contributed by atoms with van der Waals surface area (Å²) in [5, 5.41) is 7.82. The van der Waals surface area contributed by atoms with Crippen molar-refractivity contribution in [2.45, 2.75) is 33.4 Å². The standard InChI is InChI=1S/C16H22BrN3O/c1-4-7-21-16-6-5-15(17)8-13(16)9-18-10-14-11-20(3)19-12(14)2/h5-6,8,11,18H,4,7,9-10H2,1-3H3. The summed E-state index contributed by atoms with van der Waals surface area (Å²) in [5.74, 6) is 0.954. The molecule has 0 aliphatic carbocycles. The van der Waals surface area contributed by atoms with E-state index in [-0.39, 0.29) is 0 Å². The number of ether oxygens (including phenoxy) is 1. The lowest BCUT2D eigenvalue weighted by Gasteiger charge is -2.12. The van der Waals surface area contributed by atoms with Crippen LogP contribution in [0.2, 0.25) is 0 Å². The molecular weight excluding hydrogens is 330 g/mol. The second kappa shape index (κ2) is 7.61. The summed E-state index contributed by atoms with van der Waals surface area (Å²) in [5.41, 5.74) is 3.46. The molecule has 4 nitrogen and oxygen atoms in total. The first-order chi connectivity index (χ1) is 10.1. The van der Waals surface area contributed by atoms with Crippen molar-refractivity contribution < 1.29 is 4.74 Å². The fraction of sp³-hybridized carbons (Fsp3) is 0.438. The summed E-state index contributed by atoms with van der Waals surface area (Å²) in [6.45, 7) is 6.47. The molecule has 0 saturated carbocycles. The number of benzene rings is 1. The van der Waals surface area contributed by atoms with Crippen LogP contribution in [0, 0.1) is 6.92 Å². The molecule has 2 aromatic rings. The first-order valence-corrected chi connectivity index (χ1v) is 8.00. The van der Waals surface area contributed by atoms with Crippen molar-refractivity contribution in [2.24, 2.45) is 7.05 Å². The zero-order chi connectivity index (χ0) is 15.2. The average molecular weight is 352 g/mol. The zero-order valence-corrected chi connectivity index (χ0v) is 14.4. The van der Waals surface area contributed by atoms with E-state index in [2.05, 4.69) is 45.5 Å². The molecule has 0 spiro atoms. The van der Waals surface area contributed by atoms with Gasteiger partial charge in [0.1, 0.15) is 5.75 Å². The quantitative estimate of drug-likeness (QED) is 0.828. The van der Waals surface area contributed by atoms with Crippen LogP contribution in [0.1, 0.15) is 30.2 Å². The van der Waals surface area contributed by atoms with Gasteiger partial charge in [-0.3, -0.25) is 4.68 Å². The van der Waals surface area contributed by atoms with Crippen LogP contribution in [-0.4, -0.2) is 16.4 Å². The Morgan fingerprint density at radius 2 is 2.05 bits per heavy atom. The molecule has 0 aliphatic rings. The monoisotopic (exact) mass is 351 g/mol. The van der Waals surface area contributed by atoms with Crippen LogP contribution in [0.15, 0.2) is 28.9 Å². The van der Waals surface area contributed by atoms with Gasteiger partial charge < -0.3 is 10.1 Å². The van der Waals surface area contributed by atoms with Crippen LogP contribution in [0.25, 0.3) is 0 Å². The van der Waals surface area contributed by atoms with Crippen molar-refractivity contribution in [1.82, 2.24) is 15.1 Å². The van der Waals surface area contributed by atoms with Crippen LogP contribution in [0.5, 0.6) is 5.75 Å². The van der Waals surface area contributed by atoms with Crippen LogP contribution in [0.3, 0.4) is 0 Å². The maximum atomic E-state index is 5.79. The maximum Gasteiger partial charge on any atom is 0.123 e. The van der Waals surface area contributed by atoms with Crippen molar-refractivity contribution in [1.29, 1.82) is 0 Å². The first kappa shape index (κ1) is 16.0. The lowest BCUT2D eigenvalue weighted by molar-refractivity contribution is 0.313. The summed E-state index contributed by atoms with van der Waals surface area (Å²) >= 11 is 3.52. The molecule has 1 aromatic heterocycles. The number of rotatable bonds is 7. The lowest BCUT2D eigenvalue weighted by Crippen LogP contribution is -2.14. The molecule has 114 valence electrons. The molecule has 0 bridgehead atoms. The van der Waals surface area contributed by atoms with Gasteiger partial charge >= 0.3 is 0 Å². The lowest BCUT2D eigenvalue weighted by atomic mass is 10.2. The second-order valence-electron chi connectivity index (χ2n) is 5.12. The Morgan fingerprint density at radius 3 is 2.71 bits per heavy atom. The molecule has 2 rings (SSSR count). The van der Waals surface area contributed by atoms with E-state index < -0.39 is 0 Å². The normalized spacial score (nSPS) is 10.9. The number of nitrogens with one attached hydrogen (secondary N) is 1. The number of aryl methyl sites for hydroxylation is 2. The number of halogens is 1. The largest absolute Gasteiger partial charge is 0.493 e. The number of hydrogen-bond acceptors (Lipinski definition) is 3. The highest BCUT2D eigenvalue weighted by atomic mass is 79.9. The number of hydrogen-bond donors (Lipinski definition) is 1. The van der Waals surface area contributed by atoms with Crippen molar-refractivity contribution in [2.75, 3.05) is 6.61 Å². The molecule has 5 heteroatoms. The molecule has 0 atom stereocenters. The van der Waals surface area contributed by atoms with Crippen molar-refractivity contribution in [3.05, 3.63) is 45.7 Å². The Bertz CT molecular complexity index is 595. The first-order valence-electron chi connectivity index (χ1n) is 7.21. The van der Waals surface area contributed by atoms with E-state index in [0.29, 0.717) is 0 Å². The minimum Gasteiger partial charge on any atom is -0.493 e. The van der Waals surface area contributed by atoms with Gasteiger partial charge in [-0.25, -0.2) is 0 Å². The smallest absolute Gasteiger partial charge is 0.123 e. The fourth-order valence-electron chi connectivity index (χ4n) is 2.19. The molecule has 0 radical (unpaired) electrons. The molecule has 21 heavy (non-hydrogen) atoms. The van der Waals surface area contributed by atoms with Gasteiger partial charge in [0.25, 0.3) is 0 Å². The molecule has 1 aromatic carbocycles. The summed E-state index contributed by atoms with van der Waals surface area (Å²) < 4.78 is 8.71. The van der Waals surface area contributed by atoms with Gasteiger partial charge in [-0.15, -0.1) is 0 Å². The second-order valence-corrected chi connectivity index (χ2v) is 6.03. The number of aromatic nitrogens is 2. The van der Waals surface area contributed by atoms with E-state index >= 15 is 0 Å². The van der Waals surface area contributed by atoms with Gasteiger partial charge in [0.2, 0.25) is 0 Å². The van der Waals surface area contributed by atoms with Gasteiger partial charge in [0.05, 0.1) is 12.3 Å². The minimum absolute atomic E-state index is 0.746. The highest BCUT2D eigenvalue weighted by Crippen LogP contribution is 2.23. The van der Waals surface area contributed by atoms with Crippen LogP contribution >= 0.6 is 15.9 Å². The molecular formula is C16H22BrN3O. The minimum atomic E-state index is 0.746. The molecule has 0 fully saturated rings. The summed E-state index contributed by atoms with van der Waals surface area (Å²) in [6.07, 6.45) is 3.07. The highest BCUT2D eigenvalue weighted by Gasteiger charge is 2.06. The van der Waals surface area contributed by atoms with E-state index in [9.17, 15) is 0 Å². The van der Waals surface area contributed by atoms with Gasteiger partial charge in [0, 0.05) is 41.9 Å². The van der Waals surface area contributed by atoms with Gasteiger partial charge in [-0.2, -0.15) is 5.10 Å². The van der Waals surface area contributed by atoms with E-state index in [4.69, 9.17) is 4.74 Å². The van der Waals surface area contributed by atoms with E-state index in [1.807, 2.05) is 30.8 Å². The van der Waals surface area contributed by atoms with Crippen molar-refractivity contribution >= 4 is 15.9 Å². The SMILES string of the molecule is CCCOc1ccc(Br)cc1CNCc1cn(C)nc1C. The van der Waals surface area contributed by atoms with Crippen LogP contribution in [0.4, 0.5) is 0 Å². The Labute approximate surface area is 134 Å². The fourth-order valence-corrected chi connectivity index (χ4v) is 2.60. The Morgan fingerprint density at radius 1 is 1.29 bits per heavy atom. The zero-order valence-electron chi connectivity index (χ0n) is 12.8. The summed E-state index contributed by atoms with van der Waals surface area (Å²) in [6, 6.07) is 6.14. The average Bonchev–Trinajstić information content (AvgIpc) is 2.76. The third-order valence-electron chi connectivity index (χ3n) is 3.23. The predicted octanol–water partition coefficient (Wildman–Crippen LogP) is 3.57. The van der Waals surface area contributed by atoms with Crippen LogP contribution < -0.4 is 10.1 Å². The Hall–Kier alpha value is -1.33. The molecule has 1 N–H and O–H groups in total. The molecule has 0 aliphatic heterocycles. The third kappa shape index (κ3) is 4.58. The van der Waals surface area contributed by atoms with E-state index in [0.717, 1.165) is 42.0 Å². The van der Waals surface area contributed by atoms with Crippen molar-refractivity contribution in [3.63, 3.8) is 0 Å². The van der Waals surface area contributed by atoms with Crippen molar-refractivity contribution in [3.8, 4) is 5.75 Å².